The molecule has 0 spiro atoms. The van der Waals surface area contributed by atoms with Crippen LogP contribution in [0.15, 0.2) is 65.6 Å². The maximum atomic E-state index is 13.6. The van der Waals surface area contributed by atoms with Crippen LogP contribution >= 0.6 is 0 Å². The number of aliphatic carboxylic acids is 4. The molecule has 1 aliphatic carbocycles. The molecule has 6 rings (SSSR count). The minimum absolute atomic E-state index is 0.1000. The number of nitrogens with zero attached hydrogens (tertiary/aromatic N) is 4. The van der Waals surface area contributed by atoms with E-state index in [0.717, 1.165) is 47.6 Å². The van der Waals surface area contributed by atoms with E-state index in [1.807, 2.05) is 6.07 Å². The number of imidazole rings is 1. The Morgan fingerprint density at radius 1 is 0.860 bits per heavy atom. The van der Waals surface area contributed by atoms with Gasteiger partial charge < -0.3 is 40.5 Å². The van der Waals surface area contributed by atoms with Crippen LogP contribution in [0.3, 0.4) is 0 Å². The summed E-state index contributed by atoms with van der Waals surface area (Å²) in [6.45, 7) is -2.35. The molecule has 0 bridgehead atoms. The molecular formula is C39H43N7O11. The van der Waals surface area contributed by atoms with Gasteiger partial charge in [-0.3, -0.25) is 38.3 Å². The predicted molar refractivity (Wildman–Crippen MR) is 204 cm³/mol. The van der Waals surface area contributed by atoms with Gasteiger partial charge in [-0.05, 0) is 54.8 Å². The zero-order valence-electron chi connectivity index (χ0n) is 30.8. The number of nitrogens with one attached hydrogen (secondary N) is 3. The Labute approximate surface area is 325 Å². The summed E-state index contributed by atoms with van der Waals surface area (Å²) in [5.74, 6) is -5.04. The summed E-state index contributed by atoms with van der Waals surface area (Å²) in [7, 11) is 0. The monoisotopic (exact) mass is 785 g/mol. The number of carboxylic acids is 4. The number of fused-ring (bicyclic) bond motifs is 2. The Kier molecular flexibility index (Phi) is 12.6. The third-order valence-corrected chi connectivity index (χ3v) is 9.93. The summed E-state index contributed by atoms with van der Waals surface area (Å²) >= 11 is 0. The van der Waals surface area contributed by atoms with Gasteiger partial charge in [-0.2, -0.15) is 0 Å². The lowest BCUT2D eigenvalue weighted by molar-refractivity contribution is -0.143. The zero-order chi connectivity index (χ0) is 40.6. The number of aromatic nitrogens is 3. The molecule has 300 valence electrons. The second kappa shape index (κ2) is 17.9. The number of H-pyrrole nitrogens is 1. The van der Waals surface area contributed by atoms with Gasteiger partial charge in [0, 0.05) is 59.8 Å². The Morgan fingerprint density at radius 2 is 1.54 bits per heavy atom. The molecule has 2 amide bonds. The number of anilines is 1. The van der Waals surface area contributed by atoms with Crippen molar-refractivity contribution in [1.82, 2.24) is 29.7 Å². The number of furan rings is 1. The normalized spacial score (nSPS) is 13.9. The lowest BCUT2D eigenvalue weighted by Gasteiger charge is -2.24. The summed E-state index contributed by atoms with van der Waals surface area (Å²) in [4.78, 5) is 83.2. The van der Waals surface area contributed by atoms with Crippen molar-refractivity contribution in [3.05, 3.63) is 78.1 Å². The van der Waals surface area contributed by atoms with E-state index in [1.54, 1.807) is 55.1 Å². The third-order valence-electron chi connectivity index (χ3n) is 9.93. The fourth-order valence-electron chi connectivity index (χ4n) is 7.31. The lowest BCUT2D eigenvalue weighted by atomic mass is 9.88. The number of rotatable bonds is 19. The molecule has 3 aromatic heterocycles. The Bertz CT molecular complexity index is 2260. The van der Waals surface area contributed by atoms with E-state index in [1.165, 1.54) is 11.3 Å². The standard InChI is InChI=1S/C39H43N7O11/c47-33(18-44(19-34(48)49)11-12-45(20-35(50)51)21-36(52)53)41-26-7-8-29-28(16-26)25(17-40-29)15-31(39(55)56)43-38(54)24-6-9-32-30(14-24)42-37(23-4-2-1-3-5-23)46(32)27-10-13-57-22-27/h6-10,13-14,16-17,22-23,31,40H,1-5,11-12,15,18-21H2,(H,41,47)(H,43,54)(H,48,49)(H,50,51)(H,52,53)(H,55,56)/t31-/m0/s1. The van der Waals surface area contributed by atoms with Gasteiger partial charge in [0.05, 0.1) is 49.2 Å². The molecule has 1 saturated carbocycles. The van der Waals surface area contributed by atoms with Gasteiger partial charge in [0.15, 0.2) is 0 Å². The van der Waals surface area contributed by atoms with Crippen LogP contribution in [0.25, 0.3) is 27.6 Å². The van der Waals surface area contributed by atoms with E-state index in [9.17, 15) is 39.0 Å². The summed E-state index contributed by atoms with van der Waals surface area (Å²) in [5, 5.41) is 43.7. The Balaban J connectivity index is 1.14. The molecule has 0 radical (unpaired) electrons. The smallest absolute Gasteiger partial charge is 0.326 e. The van der Waals surface area contributed by atoms with Gasteiger partial charge in [-0.25, -0.2) is 9.78 Å². The Morgan fingerprint density at radius 3 is 2.18 bits per heavy atom. The number of benzene rings is 2. The number of carboxylic acid groups (broad SMARTS) is 4. The molecular weight excluding hydrogens is 742 g/mol. The number of carbonyl (C=O) groups excluding carboxylic acids is 2. The molecule has 18 heteroatoms. The maximum absolute atomic E-state index is 13.6. The van der Waals surface area contributed by atoms with Crippen LogP contribution < -0.4 is 10.6 Å². The molecule has 1 aliphatic rings. The average molecular weight is 786 g/mol. The molecule has 0 aliphatic heterocycles. The topological polar surface area (TPSA) is 261 Å². The zero-order valence-corrected chi connectivity index (χ0v) is 30.8. The van der Waals surface area contributed by atoms with Crippen LogP contribution in [0.5, 0.6) is 0 Å². The van der Waals surface area contributed by atoms with Crippen molar-refractivity contribution in [1.29, 1.82) is 0 Å². The maximum Gasteiger partial charge on any atom is 0.326 e. The van der Waals surface area contributed by atoms with Gasteiger partial charge in [0.25, 0.3) is 5.91 Å². The van der Waals surface area contributed by atoms with Crippen LogP contribution in [0.4, 0.5) is 5.69 Å². The van der Waals surface area contributed by atoms with E-state index in [-0.39, 0.29) is 31.0 Å². The predicted octanol–water partition coefficient (Wildman–Crippen LogP) is 3.37. The van der Waals surface area contributed by atoms with Crippen molar-refractivity contribution in [3.8, 4) is 5.69 Å². The highest BCUT2D eigenvalue weighted by Gasteiger charge is 2.27. The number of amides is 2. The first-order valence-corrected chi connectivity index (χ1v) is 18.4. The largest absolute Gasteiger partial charge is 0.480 e. The van der Waals surface area contributed by atoms with E-state index >= 15 is 0 Å². The van der Waals surface area contributed by atoms with Gasteiger partial charge in [-0.15, -0.1) is 0 Å². The fraction of sp³-hybridized carbons (Fsp3) is 0.359. The molecule has 3 heterocycles. The number of aromatic amines is 1. The first-order valence-electron chi connectivity index (χ1n) is 18.4. The van der Waals surface area contributed by atoms with E-state index in [4.69, 9.17) is 19.6 Å². The summed E-state index contributed by atoms with van der Waals surface area (Å²) in [5.41, 5.74) is 4.00. The summed E-state index contributed by atoms with van der Waals surface area (Å²) < 4.78 is 7.42. The van der Waals surface area contributed by atoms with Crippen LogP contribution in [0.2, 0.25) is 0 Å². The first-order chi connectivity index (χ1) is 27.3. The van der Waals surface area contributed by atoms with E-state index in [0.29, 0.717) is 27.7 Å². The lowest BCUT2D eigenvalue weighted by Crippen LogP contribution is -2.44. The van der Waals surface area contributed by atoms with Crippen molar-refractivity contribution >= 4 is 63.3 Å². The van der Waals surface area contributed by atoms with Crippen molar-refractivity contribution in [2.75, 3.05) is 44.6 Å². The molecule has 57 heavy (non-hydrogen) atoms. The highest BCUT2D eigenvalue weighted by molar-refractivity contribution is 6.00. The second-order valence-corrected chi connectivity index (χ2v) is 14.1. The molecule has 5 aromatic rings. The fourth-order valence-corrected chi connectivity index (χ4v) is 7.31. The van der Waals surface area contributed by atoms with Gasteiger partial charge in [-0.1, -0.05) is 19.3 Å². The van der Waals surface area contributed by atoms with Crippen LogP contribution in [-0.4, -0.2) is 126 Å². The minimum Gasteiger partial charge on any atom is -0.480 e. The molecule has 2 aromatic carbocycles. The van der Waals surface area contributed by atoms with Crippen molar-refractivity contribution < 1.29 is 53.6 Å². The SMILES string of the molecule is O=C(O)CN(CCN(CC(=O)O)CC(=O)Nc1ccc2[nH]cc(C[C@H](NC(=O)c3ccc4c(c3)nc(C3CCCCC3)n4-c3ccoc3)C(=O)O)c2c1)CC(=O)O. The van der Waals surface area contributed by atoms with E-state index < -0.39 is 67.9 Å². The highest BCUT2D eigenvalue weighted by Crippen LogP contribution is 2.36. The molecule has 1 atom stereocenters. The molecule has 0 unspecified atom stereocenters. The van der Waals surface area contributed by atoms with Gasteiger partial charge in [0.2, 0.25) is 5.91 Å². The van der Waals surface area contributed by atoms with Crippen molar-refractivity contribution in [3.63, 3.8) is 0 Å². The summed E-state index contributed by atoms with van der Waals surface area (Å²) in [6.07, 6.45) is 10.2. The van der Waals surface area contributed by atoms with Crippen LogP contribution in [-0.2, 0) is 30.4 Å². The molecule has 18 nitrogen and oxygen atoms in total. The minimum atomic E-state index is -1.32. The van der Waals surface area contributed by atoms with Gasteiger partial charge in [0.1, 0.15) is 18.1 Å². The molecule has 0 saturated heterocycles. The van der Waals surface area contributed by atoms with Crippen LogP contribution in [0.1, 0.15) is 59.8 Å². The first kappa shape index (κ1) is 40.1. The quantitative estimate of drug-likeness (QED) is 0.0634. The van der Waals surface area contributed by atoms with Crippen molar-refractivity contribution in [2.24, 2.45) is 0 Å². The number of hydrogen-bond donors (Lipinski definition) is 7. The molecule has 7 N–H and O–H groups in total. The van der Waals surface area contributed by atoms with E-state index in [2.05, 4.69) is 20.2 Å². The van der Waals surface area contributed by atoms with Crippen molar-refractivity contribution in [2.45, 2.75) is 50.5 Å². The van der Waals surface area contributed by atoms with Gasteiger partial charge >= 0.3 is 23.9 Å². The highest BCUT2D eigenvalue weighted by atomic mass is 16.4. The average Bonchev–Trinajstić information content (AvgIpc) is 3.92. The third kappa shape index (κ3) is 10.2. The molecule has 1 fully saturated rings. The summed E-state index contributed by atoms with van der Waals surface area (Å²) in [6, 6.07) is 10.5. The number of carbonyl (C=O) groups is 6. The Hall–Kier alpha value is -6.53. The number of hydrogen-bond acceptors (Lipinski definition) is 10. The second-order valence-electron chi connectivity index (χ2n) is 14.1. The van der Waals surface area contributed by atoms with Crippen LogP contribution in [0, 0.1) is 0 Å².